The van der Waals surface area contributed by atoms with Crippen molar-refractivity contribution < 1.29 is 24.1 Å². The second-order valence-corrected chi connectivity index (χ2v) is 6.37. The SMILES string of the molecule is COC(=O)C(=O)C[C@H](OOC(C)(C)C)c1ccc(Br)cc1. The van der Waals surface area contributed by atoms with Crippen molar-refractivity contribution in [2.75, 3.05) is 7.11 Å². The van der Waals surface area contributed by atoms with Gasteiger partial charge in [-0.25, -0.2) is 14.6 Å². The van der Waals surface area contributed by atoms with Crippen molar-refractivity contribution in [3.8, 4) is 0 Å². The molecule has 0 saturated heterocycles. The maximum Gasteiger partial charge on any atom is 0.374 e. The Labute approximate surface area is 132 Å². The molecule has 0 aromatic heterocycles. The maximum atomic E-state index is 11.7. The van der Waals surface area contributed by atoms with Crippen LogP contribution in [0.15, 0.2) is 28.7 Å². The van der Waals surface area contributed by atoms with Crippen LogP contribution in [0.4, 0.5) is 0 Å². The molecule has 0 aliphatic carbocycles. The Balaban J connectivity index is 2.86. The highest BCUT2D eigenvalue weighted by Gasteiger charge is 2.25. The topological polar surface area (TPSA) is 61.8 Å². The van der Waals surface area contributed by atoms with E-state index in [0.29, 0.717) is 0 Å². The number of methoxy groups -OCH3 is 1. The zero-order valence-electron chi connectivity index (χ0n) is 12.5. The first-order chi connectivity index (χ1) is 9.73. The number of hydrogen-bond donors (Lipinski definition) is 0. The zero-order chi connectivity index (χ0) is 16.0. The summed E-state index contributed by atoms with van der Waals surface area (Å²) in [4.78, 5) is 33.6. The lowest BCUT2D eigenvalue weighted by Gasteiger charge is -2.23. The van der Waals surface area contributed by atoms with Crippen molar-refractivity contribution >= 4 is 27.7 Å². The third kappa shape index (κ3) is 6.37. The molecule has 21 heavy (non-hydrogen) atoms. The average Bonchev–Trinajstić information content (AvgIpc) is 2.42. The summed E-state index contributed by atoms with van der Waals surface area (Å²) in [5.74, 6) is -1.56. The van der Waals surface area contributed by atoms with Crippen molar-refractivity contribution in [2.24, 2.45) is 0 Å². The van der Waals surface area contributed by atoms with E-state index < -0.39 is 23.5 Å². The van der Waals surface area contributed by atoms with E-state index >= 15 is 0 Å². The summed E-state index contributed by atoms with van der Waals surface area (Å²) in [6.45, 7) is 5.48. The number of ketones is 1. The van der Waals surface area contributed by atoms with E-state index in [4.69, 9.17) is 9.78 Å². The molecule has 0 aliphatic rings. The summed E-state index contributed by atoms with van der Waals surface area (Å²) in [5.41, 5.74) is 0.210. The molecule has 0 unspecified atom stereocenters. The minimum absolute atomic E-state index is 0.148. The number of carbonyl (C=O) groups excluding carboxylic acids is 2. The first kappa shape index (κ1) is 17.8. The summed E-state index contributed by atoms with van der Waals surface area (Å²) < 4.78 is 5.32. The van der Waals surface area contributed by atoms with Crippen LogP contribution in [-0.4, -0.2) is 24.5 Å². The van der Waals surface area contributed by atoms with Crippen LogP contribution in [0.3, 0.4) is 0 Å². The molecule has 0 saturated carbocycles. The van der Waals surface area contributed by atoms with Crippen molar-refractivity contribution in [2.45, 2.75) is 38.9 Å². The fraction of sp³-hybridized carbons (Fsp3) is 0.467. The predicted octanol–water partition coefficient (Wildman–Crippen LogP) is 3.37. The summed E-state index contributed by atoms with van der Waals surface area (Å²) in [7, 11) is 1.17. The smallest absolute Gasteiger partial charge is 0.374 e. The van der Waals surface area contributed by atoms with E-state index in [9.17, 15) is 9.59 Å². The van der Waals surface area contributed by atoms with Crippen molar-refractivity contribution in [3.63, 3.8) is 0 Å². The van der Waals surface area contributed by atoms with Gasteiger partial charge in [-0.15, -0.1) is 0 Å². The molecule has 1 rings (SSSR count). The molecule has 5 nitrogen and oxygen atoms in total. The molecule has 0 radical (unpaired) electrons. The first-order valence-corrected chi connectivity index (χ1v) is 7.23. The quantitative estimate of drug-likeness (QED) is 0.337. The minimum atomic E-state index is -0.892. The number of hydrogen-bond acceptors (Lipinski definition) is 5. The van der Waals surface area contributed by atoms with Gasteiger partial charge in [0.05, 0.1) is 19.1 Å². The molecule has 0 fully saturated rings. The molecular weight excluding hydrogens is 340 g/mol. The largest absolute Gasteiger partial charge is 0.463 e. The molecule has 116 valence electrons. The highest BCUT2D eigenvalue weighted by molar-refractivity contribution is 9.10. The van der Waals surface area contributed by atoms with Gasteiger partial charge in [-0.05, 0) is 38.5 Å². The lowest BCUT2D eigenvalue weighted by molar-refractivity contribution is -0.375. The Morgan fingerprint density at radius 3 is 2.24 bits per heavy atom. The lowest BCUT2D eigenvalue weighted by Crippen LogP contribution is -2.24. The van der Waals surface area contributed by atoms with Gasteiger partial charge in [0.1, 0.15) is 6.10 Å². The summed E-state index contributed by atoms with van der Waals surface area (Å²) >= 11 is 3.34. The molecule has 0 N–H and O–H groups in total. The van der Waals surface area contributed by atoms with Gasteiger partial charge in [0, 0.05) is 4.47 Å². The monoisotopic (exact) mass is 358 g/mol. The zero-order valence-corrected chi connectivity index (χ0v) is 14.1. The molecule has 0 bridgehead atoms. The van der Waals surface area contributed by atoms with E-state index in [-0.39, 0.29) is 6.42 Å². The molecular formula is C15H19BrO5. The van der Waals surface area contributed by atoms with E-state index in [2.05, 4.69) is 20.7 Å². The summed E-state index contributed by atoms with van der Waals surface area (Å²) in [6, 6.07) is 7.24. The van der Waals surface area contributed by atoms with E-state index in [1.807, 2.05) is 32.9 Å². The second kappa shape index (κ2) is 7.68. The van der Waals surface area contributed by atoms with Gasteiger partial charge in [-0.1, -0.05) is 28.1 Å². The number of halogens is 1. The predicted molar refractivity (Wildman–Crippen MR) is 80.4 cm³/mol. The van der Waals surface area contributed by atoms with Gasteiger partial charge >= 0.3 is 5.97 Å². The standard InChI is InChI=1S/C15H19BrO5/c1-15(2,3)21-20-13(9-12(17)14(18)19-4)10-5-7-11(16)8-6-10/h5-8,13H,9H2,1-4H3/t13-/m0/s1. The van der Waals surface area contributed by atoms with Crippen LogP contribution < -0.4 is 0 Å². The fourth-order valence-corrected chi connectivity index (χ4v) is 1.72. The fourth-order valence-electron chi connectivity index (χ4n) is 1.45. The van der Waals surface area contributed by atoms with Gasteiger partial charge in [-0.2, -0.15) is 0 Å². The molecule has 1 aromatic carbocycles. The van der Waals surface area contributed by atoms with Gasteiger partial charge in [0.15, 0.2) is 0 Å². The van der Waals surface area contributed by atoms with Crippen LogP contribution in [0.2, 0.25) is 0 Å². The average molecular weight is 359 g/mol. The third-order valence-corrected chi connectivity index (χ3v) is 2.97. The van der Waals surface area contributed by atoms with Crippen LogP contribution in [0.1, 0.15) is 38.9 Å². The molecule has 6 heteroatoms. The Kier molecular flexibility index (Phi) is 6.51. The number of esters is 1. The third-order valence-electron chi connectivity index (χ3n) is 2.44. The highest BCUT2D eigenvalue weighted by Crippen LogP contribution is 2.26. The Morgan fingerprint density at radius 2 is 1.76 bits per heavy atom. The number of Topliss-reactive ketones (excluding diaryl/α,β-unsaturated/α-hetero) is 1. The second-order valence-electron chi connectivity index (χ2n) is 5.45. The Bertz CT molecular complexity index is 490. The number of rotatable bonds is 6. The van der Waals surface area contributed by atoms with Crippen LogP contribution in [0.5, 0.6) is 0 Å². The molecule has 0 aliphatic heterocycles. The molecule has 1 atom stereocenters. The van der Waals surface area contributed by atoms with Crippen LogP contribution in [0.25, 0.3) is 0 Å². The van der Waals surface area contributed by atoms with Crippen LogP contribution >= 0.6 is 15.9 Å². The lowest BCUT2D eigenvalue weighted by atomic mass is 10.0. The van der Waals surface area contributed by atoms with Gasteiger partial charge in [0.25, 0.3) is 0 Å². The molecule has 0 heterocycles. The normalized spacial score (nSPS) is 12.8. The number of benzene rings is 1. The maximum absolute atomic E-state index is 11.7. The van der Waals surface area contributed by atoms with Gasteiger partial charge < -0.3 is 4.74 Å². The van der Waals surface area contributed by atoms with E-state index in [1.165, 1.54) is 7.11 Å². The molecule has 0 spiro atoms. The van der Waals surface area contributed by atoms with Gasteiger partial charge in [-0.3, -0.25) is 4.79 Å². The minimum Gasteiger partial charge on any atom is -0.463 e. The van der Waals surface area contributed by atoms with Gasteiger partial charge in [0.2, 0.25) is 5.78 Å². The summed E-state index contributed by atoms with van der Waals surface area (Å²) in [5, 5.41) is 0. The molecule has 1 aromatic rings. The van der Waals surface area contributed by atoms with Crippen molar-refractivity contribution in [3.05, 3.63) is 34.3 Å². The Hall–Kier alpha value is -1.24. The van der Waals surface area contributed by atoms with Crippen LogP contribution in [0, 0.1) is 0 Å². The van der Waals surface area contributed by atoms with E-state index in [1.54, 1.807) is 12.1 Å². The van der Waals surface area contributed by atoms with Crippen LogP contribution in [-0.2, 0) is 24.1 Å². The van der Waals surface area contributed by atoms with Crippen molar-refractivity contribution in [1.29, 1.82) is 0 Å². The highest BCUT2D eigenvalue weighted by atomic mass is 79.9. The van der Waals surface area contributed by atoms with E-state index in [0.717, 1.165) is 10.0 Å². The molecule has 0 amide bonds. The number of ether oxygens (including phenoxy) is 1. The summed E-state index contributed by atoms with van der Waals surface area (Å²) in [6.07, 6.45) is -0.825. The Morgan fingerprint density at radius 1 is 1.19 bits per heavy atom. The van der Waals surface area contributed by atoms with Crippen molar-refractivity contribution in [1.82, 2.24) is 0 Å². The first-order valence-electron chi connectivity index (χ1n) is 6.44. The number of carbonyl (C=O) groups is 2.